The van der Waals surface area contributed by atoms with E-state index in [-0.39, 0.29) is 12.5 Å². The van der Waals surface area contributed by atoms with Crippen LogP contribution in [-0.2, 0) is 4.79 Å². The van der Waals surface area contributed by atoms with E-state index in [2.05, 4.69) is 0 Å². The number of methoxy groups -OCH3 is 1. The smallest absolute Gasteiger partial charge is 0.322 e. The lowest BCUT2D eigenvalue weighted by atomic mass is 10.1. The van der Waals surface area contributed by atoms with Crippen LogP contribution in [0.5, 0.6) is 5.75 Å². The van der Waals surface area contributed by atoms with Gasteiger partial charge < -0.3 is 14.7 Å². The molecule has 1 heterocycles. The summed E-state index contributed by atoms with van der Waals surface area (Å²) in [6.07, 6.45) is 0. The summed E-state index contributed by atoms with van der Waals surface area (Å²) >= 11 is 6.02. The van der Waals surface area contributed by atoms with Crippen molar-refractivity contribution in [3.63, 3.8) is 0 Å². The molecule has 1 aromatic rings. The Morgan fingerprint density at radius 1 is 1.38 bits per heavy atom. The summed E-state index contributed by atoms with van der Waals surface area (Å²) < 4.78 is 5.05. The van der Waals surface area contributed by atoms with E-state index in [1.54, 1.807) is 24.1 Å². The topological polar surface area (TPSA) is 70.1 Å². The Morgan fingerprint density at radius 2 is 2.10 bits per heavy atom. The molecule has 0 spiro atoms. The predicted octanol–water partition coefficient (Wildman–Crippen LogP) is 1.19. The SMILES string of the molecule is COc1ccc(C(=O)N2CCN(C)[C@H](C(=O)O)C2)cc1Cl. The minimum absolute atomic E-state index is 0.161. The average molecular weight is 313 g/mol. The summed E-state index contributed by atoms with van der Waals surface area (Å²) in [5.74, 6) is -0.656. The molecule has 114 valence electrons. The normalized spacial score (nSPS) is 19.4. The second-order valence-electron chi connectivity index (χ2n) is 4.94. The number of carboxylic acids is 1. The molecule has 7 heteroatoms. The van der Waals surface area contributed by atoms with Gasteiger partial charge in [0.15, 0.2) is 0 Å². The van der Waals surface area contributed by atoms with E-state index < -0.39 is 12.0 Å². The van der Waals surface area contributed by atoms with Gasteiger partial charge in [0, 0.05) is 25.2 Å². The van der Waals surface area contributed by atoms with Gasteiger partial charge in [-0.1, -0.05) is 11.6 Å². The van der Waals surface area contributed by atoms with Crippen LogP contribution in [0.25, 0.3) is 0 Å². The van der Waals surface area contributed by atoms with Crippen LogP contribution in [0.3, 0.4) is 0 Å². The molecule has 6 nitrogen and oxygen atoms in total. The second-order valence-corrected chi connectivity index (χ2v) is 5.34. The third-order valence-electron chi connectivity index (χ3n) is 3.62. The highest BCUT2D eigenvalue weighted by Gasteiger charge is 2.32. The van der Waals surface area contributed by atoms with Crippen molar-refractivity contribution in [2.75, 3.05) is 33.8 Å². The number of hydrogen-bond acceptors (Lipinski definition) is 4. The Hall–Kier alpha value is -1.79. The summed E-state index contributed by atoms with van der Waals surface area (Å²) in [7, 11) is 3.24. The molecule has 1 fully saturated rings. The van der Waals surface area contributed by atoms with Gasteiger partial charge in [-0.25, -0.2) is 0 Å². The number of carboxylic acid groups (broad SMARTS) is 1. The number of benzene rings is 1. The highest BCUT2D eigenvalue weighted by molar-refractivity contribution is 6.32. The third-order valence-corrected chi connectivity index (χ3v) is 3.91. The summed E-state index contributed by atoms with van der Waals surface area (Å²) in [4.78, 5) is 26.9. The first kappa shape index (κ1) is 15.6. The summed E-state index contributed by atoms with van der Waals surface area (Å²) in [5, 5.41) is 9.53. The van der Waals surface area contributed by atoms with Crippen molar-refractivity contribution in [3.8, 4) is 5.75 Å². The van der Waals surface area contributed by atoms with Crippen molar-refractivity contribution in [1.29, 1.82) is 0 Å². The van der Waals surface area contributed by atoms with Crippen LogP contribution < -0.4 is 4.74 Å². The van der Waals surface area contributed by atoms with Crippen LogP contribution in [0.1, 0.15) is 10.4 Å². The van der Waals surface area contributed by atoms with E-state index in [1.165, 1.54) is 18.1 Å². The zero-order valence-corrected chi connectivity index (χ0v) is 12.6. The molecule has 1 amide bonds. The summed E-state index contributed by atoms with van der Waals surface area (Å²) in [5.41, 5.74) is 0.425. The fourth-order valence-electron chi connectivity index (χ4n) is 2.31. The number of carbonyl (C=O) groups excluding carboxylic acids is 1. The monoisotopic (exact) mass is 312 g/mol. The van der Waals surface area contributed by atoms with Gasteiger partial charge in [-0.3, -0.25) is 14.5 Å². The number of aliphatic carboxylic acids is 1. The van der Waals surface area contributed by atoms with Crippen LogP contribution in [0, 0.1) is 0 Å². The minimum Gasteiger partial charge on any atom is -0.495 e. The Balaban J connectivity index is 2.16. The van der Waals surface area contributed by atoms with Crippen LogP contribution in [0.2, 0.25) is 5.02 Å². The van der Waals surface area contributed by atoms with E-state index in [9.17, 15) is 14.7 Å². The van der Waals surface area contributed by atoms with Gasteiger partial charge in [-0.05, 0) is 25.2 Å². The summed E-state index contributed by atoms with van der Waals surface area (Å²) in [6, 6.07) is 4.11. The number of halogens is 1. The van der Waals surface area contributed by atoms with Gasteiger partial charge in [0.2, 0.25) is 0 Å². The van der Waals surface area contributed by atoms with Crippen LogP contribution in [0.4, 0.5) is 0 Å². The van der Waals surface area contributed by atoms with Gasteiger partial charge in [-0.2, -0.15) is 0 Å². The van der Waals surface area contributed by atoms with E-state index in [4.69, 9.17) is 16.3 Å². The highest BCUT2D eigenvalue weighted by atomic mass is 35.5. The predicted molar refractivity (Wildman–Crippen MR) is 78.0 cm³/mol. The van der Waals surface area contributed by atoms with Gasteiger partial charge in [0.05, 0.1) is 12.1 Å². The average Bonchev–Trinajstić information content (AvgIpc) is 2.46. The Labute approximate surface area is 127 Å². The van der Waals surface area contributed by atoms with Crippen molar-refractivity contribution in [1.82, 2.24) is 9.80 Å². The third kappa shape index (κ3) is 3.28. The number of nitrogens with zero attached hydrogens (tertiary/aromatic N) is 2. The standard InChI is InChI=1S/C14H17ClN2O4/c1-16-5-6-17(8-11(16)14(19)20)13(18)9-3-4-12(21-2)10(15)7-9/h3-4,7,11H,5-6,8H2,1-2H3,(H,19,20)/t11-/m0/s1. The first-order valence-corrected chi connectivity index (χ1v) is 6.87. The number of amides is 1. The zero-order chi connectivity index (χ0) is 15.6. The molecule has 1 aliphatic heterocycles. The van der Waals surface area contributed by atoms with Crippen LogP contribution >= 0.6 is 11.6 Å². The van der Waals surface area contributed by atoms with Crippen LogP contribution in [-0.4, -0.2) is 66.6 Å². The van der Waals surface area contributed by atoms with Crippen LogP contribution in [0.15, 0.2) is 18.2 Å². The quantitative estimate of drug-likeness (QED) is 0.908. The number of rotatable bonds is 3. The van der Waals surface area contributed by atoms with Crippen molar-refractivity contribution in [2.45, 2.75) is 6.04 Å². The second kappa shape index (κ2) is 6.32. The van der Waals surface area contributed by atoms with Crippen molar-refractivity contribution >= 4 is 23.5 Å². The molecule has 0 aliphatic carbocycles. The molecule has 1 atom stereocenters. The molecule has 0 radical (unpaired) electrons. The number of hydrogen-bond donors (Lipinski definition) is 1. The lowest BCUT2D eigenvalue weighted by molar-refractivity contribution is -0.144. The maximum Gasteiger partial charge on any atom is 0.322 e. The number of carbonyl (C=O) groups is 2. The fourth-order valence-corrected chi connectivity index (χ4v) is 2.56. The summed E-state index contributed by atoms with van der Waals surface area (Å²) in [6.45, 7) is 1.17. The van der Waals surface area contributed by atoms with Crippen molar-refractivity contribution in [2.24, 2.45) is 0 Å². The molecule has 1 N–H and O–H groups in total. The molecule has 0 unspecified atom stereocenters. The fraction of sp³-hybridized carbons (Fsp3) is 0.429. The number of likely N-dealkylation sites (N-methyl/N-ethyl adjacent to an activating group) is 1. The Kier molecular flexibility index (Phi) is 4.69. The first-order valence-electron chi connectivity index (χ1n) is 6.50. The van der Waals surface area contributed by atoms with Gasteiger partial charge in [-0.15, -0.1) is 0 Å². The minimum atomic E-state index is -0.928. The molecule has 1 saturated heterocycles. The number of ether oxygens (including phenoxy) is 1. The molecule has 0 saturated carbocycles. The molecule has 1 aliphatic rings. The molecule has 1 aromatic carbocycles. The van der Waals surface area contributed by atoms with E-state index in [0.717, 1.165) is 0 Å². The molecule has 2 rings (SSSR count). The molecule has 21 heavy (non-hydrogen) atoms. The lowest BCUT2D eigenvalue weighted by Crippen LogP contribution is -2.56. The van der Waals surface area contributed by atoms with Gasteiger partial charge in [0.25, 0.3) is 5.91 Å². The Bertz CT molecular complexity index is 564. The number of piperazine rings is 1. The highest BCUT2D eigenvalue weighted by Crippen LogP contribution is 2.25. The Morgan fingerprint density at radius 3 is 2.67 bits per heavy atom. The molecular weight excluding hydrogens is 296 g/mol. The zero-order valence-electron chi connectivity index (χ0n) is 11.9. The maximum atomic E-state index is 12.4. The molecular formula is C14H17ClN2O4. The van der Waals surface area contributed by atoms with Crippen molar-refractivity contribution < 1.29 is 19.4 Å². The first-order chi connectivity index (χ1) is 9.93. The molecule has 0 bridgehead atoms. The lowest BCUT2D eigenvalue weighted by Gasteiger charge is -2.37. The molecule has 0 aromatic heterocycles. The maximum absolute atomic E-state index is 12.4. The largest absolute Gasteiger partial charge is 0.495 e. The van der Waals surface area contributed by atoms with E-state index >= 15 is 0 Å². The van der Waals surface area contributed by atoms with E-state index in [1.807, 2.05) is 0 Å². The van der Waals surface area contributed by atoms with E-state index in [0.29, 0.717) is 29.4 Å². The van der Waals surface area contributed by atoms with Crippen molar-refractivity contribution in [3.05, 3.63) is 28.8 Å². The van der Waals surface area contributed by atoms with Gasteiger partial charge >= 0.3 is 5.97 Å². The van der Waals surface area contributed by atoms with Gasteiger partial charge in [0.1, 0.15) is 11.8 Å².